The molecule has 0 saturated carbocycles. The lowest BCUT2D eigenvalue weighted by Crippen LogP contribution is -2.51. The summed E-state index contributed by atoms with van der Waals surface area (Å²) in [4.78, 5) is 19.5. The maximum Gasteiger partial charge on any atom is 0.436 e. The summed E-state index contributed by atoms with van der Waals surface area (Å²) in [5.41, 5.74) is -2.19. The molecule has 2 saturated heterocycles. The first-order valence-electron chi connectivity index (χ1n) is 10.7. The van der Waals surface area contributed by atoms with Gasteiger partial charge >= 0.3 is 6.18 Å². The average molecular weight is 440 g/mol. The Morgan fingerprint density at radius 1 is 1.26 bits per heavy atom. The Morgan fingerprint density at radius 2 is 1.87 bits per heavy atom. The minimum atomic E-state index is -4.95. The Bertz CT molecular complexity index is 833. The molecule has 0 N–H and O–H groups in total. The molecule has 0 bridgehead atoms. The summed E-state index contributed by atoms with van der Waals surface area (Å²) in [6.07, 6.45) is -0.266. The molecular weight excluding hydrogens is 412 g/mol. The van der Waals surface area contributed by atoms with Crippen molar-refractivity contribution in [2.75, 3.05) is 26.2 Å². The number of carbonyl (C=O) groups is 1. The molecule has 1 aromatic rings. The summed E-state index contributed by atoms with van der Waals surface area (Å²) in [5.74, 6) is -1.90. The van der Waals surface area contributed by atoms with Gasteiger partial charge in [-0.2, -0.15) is 18.4 Å². The SMILES string of the molecule is CC(C)C1(CC#N)CCN(C2CCN(C(=O)c3ccnc(C(F)(F)F)c3F)CC2)CC1. The third kappa shape index (κ3) is 4.84. The van der Waals surface area contributed by atoms with E-state index in [0.717, 1.165) is 38.2 Å². The van der Waals surface area contributed by atoms with Crippen LogP contribution in [0, 0.1) is 28.5 Å². The average Bonchev–Trinajstić information content (AvgIpc) is 2.73. The molecule has 0 spiro atoms. The highest BCUT2D eigenvalue weighted by atomic mass is 19.4. The number of rotatable bonds is 4. The van der Waals surface area contributed by atoms with Crippen LogP contribution in [-0.4, -0.2) is 52.9 Å². The predicted octanol–water partition coefficient (Wildman–Crippen LogP) is 4.50. The maximum absolute atomic E-state index is 14.3. The number of amides is 1. The summed E-state index contributed by atoms with van der Waals surface area (Å²) >= 11 is 0. The monoisotopic (exact) mass is 440 g/mol. The first-order valence-corrected chi connectivity index (χ1v) is 10.7. The van der Waals surface area contributed by atoms with Crippen LogP contribution in [0.25, 0.3) is 0 Å². The molecule has 3 rings (SSSR count). The van der Waals surface area contributed by atoms with Crippen LogP contribution in [-0.2, 0) is 6.18 Å². The number of nitrogens with zero attached hydrogens (tertiary/aromatic N) is 4. The molecular formula is C22H28F4N4O. The van der Waals surface area contributed by atoms with Crippen LogP contribution in [0.1, 0.15) is 62.0 Å². The van der Waals surface area contributed by atoms with Gasteiger partial charge in [0.25, 0.3) is 5.91 Å². The Balaban J connectivity index is 1.60. The van der Waals surface area contributed by atoms with E-state index in [9.17, 15) is 27.6 Å². The molecule has 1 aromatic heterocycles. The summed E-state index contributed by atoms with van der Waals surface area (Å²) < 4.78 is 53.0. The van der Waals surface area contributed by atoms with Gasteiger partial charge in [0, 0.05) is 31.7 Å². The molecule has 3 heterocycles. The van der Waals surface area contributed by atoms with E-state index >= 15 is 0 Å². The van der Waals surface area contributed by atoms with Crippen LogP contribution in [0.15, 0.2) is 12.3 Å². The van der Waals surface area contributed by atoms with Crippen LogP contribution in [0.4, 0.5) is 17.6 Å². The van der Waals surface area contributed by atoms with E-state index in [0.29, 0.717) is 38.3 Å². The molecule has 1 amide bonds. The third-order valence-corrected chi connectivity index (χ3v) is 7.11. The first-order chi connectivity index (χ1) is 14.6. The summed E-state index contributed by atoms with van der Waals surface area (Å²) in [6.45, 7) is 6.87. The van der Waals surface area contributed by atoms with Crippen molar-refractivity contribution in [2.45, 2.75) is 58.2 Å². The lowest BCUT2D eigenvalue weighted by molar-refractivity contribution is -0.143. The van der Waals surface area contributed by atoms with Gasteiger partial charge < -0.3 is 9.80 Å². The van der Waals surface area contributed by atoms with Crippen LogP contribution in [0.5, 0.6) is 0 Å². The second-order valence-corrected chi connectivity index (χ2v) is 8.93. The summed E-state index contributed by atoms with van der Waals surface area (Å²) in [6, 6.07) is 3.62. The van der Waals surface area contributed by atoms with Crippen molar-refractivity contribution in [2.24, 2.45) is 11.3 Å². The van der Waals surface area contributed by atoms with Crippen molar-refractivity contribution in [1.82, 2.24) is 14.8 Å². The highest BCUT2D eigenvalue weighted by Gasteiger charge is 2.41. The van der Waals surface area contributed by atoms with Gasteiger partial charge in [-0.05, 0) is 56.2 Å². The second-order valence-electron chi connectivity index (χ2n) is 8.93. The lowest BCUT2D eigenvalue weighted by atomic mass is 9.68. The highest BCUT2D eigenvalue weighted by molar-refractivity contribution is 5.94. The van der Waals surface area contributed by atoms with E-state index in [4.69, 9.17) is 0 Å². The number of nitriles is 1. The largest absolute Gasteiger partial charge is 0.436 e. The fourth-order valence-electron chi connectivity index (χ4n) is 4.86. The number of hydrogen-bond acceptors (Lipinski definition) is 4. The molecule has 0 radical (unpaired) electrons. The highest BCUT2D eigenvalue weighted by Crippen LogP contribution is 2.42. The smallest absolute Gasteiger partial charge is 0.338 e. The Hall–Kier alpha value is -2.21. The number of halogens is 4. The Morgan fingerprint density at radius 3 is 2.39 bits per heavy atom. The maximum atomic E-state index is 14.3. The quantitative estimate of drug-likeness (QED) is 0.647. The number of alkyl halides is 3. The topological polar surface area (TPSA) is 60.2 Å². The number of carbonyl (C=O) groups excluding carboxylic acids is 1. The van der Waals surface area contributed by atoms with E-state index in [1.807, 2.05) is 0 Å². The van der Waals surface area contributed by atoms with Crippen molar-refractivity contribution in [3.63, 3.8) is 0 Å². The van der Waals surface area contributed by atoms with Crippen molar-refractivity contribution in [1.29, 1.82) is 5.26 Å². The van der Waals surface area contributed by atoms with Gasteiger partial charge in [-0.15, -0.1) is 0 Å². The third-order valence-electron chi connectivity index (χ3n) is 7.11. The van der Waals surface area contributed by atoms with E-state index in [2.05, 4.69) is 29.8 Å². The van der Waals surface area contributed by atoms with Gasteiger partial charge in [0.1, 0.15) is 0 Å². The minimum absolute atomic E-state index is 0.0526. The van der Waals surface area contributed by atoms with Gasteiger partial charge in [-0.25, -0.2) is 9.37 Å². The zero-order chi connectivity index (χ0) is 22.8. The molecule has 31 heavy (non-hydrogen) atoms. The summed E-state index contributed by atoms with van der Waals surface area (Å²) in [5, 5.41) is 9.21. The number of likely N-dealkylation sites (tertiary alicyclic amines) is 2. The molecule has 0 aromatic carbocycles. The number of aromatic nitrogens is 1. The van der Waals surface area contributed by atoms with E-state index in [1.165, 1.54) is 4.90 Å². The van der Waals surface area contributed by atoms with Gasteiger partial charge in [0.2, 0.25) is 0 Å². The van der Waals surface area contributed by atoms with E-state index < -0.39 is 29.2 Å². The normalized spacial score (nSPS) is 20.6. The van der Waals surface area contributed by atoms with Crippen LogP contribution in [0.3, 0.4) is 0 Å². The molecule has 170 valence electrons. The van der Waals surface area contributed by atoms with Gasteiger partial charge in [-0.3, -0.25) is 4.79 Å². The molecule has 5 nitrogen and oxygen atoms in total. The van der Waals surface area contributed by atoms with E-state index in [-0.39, 0.29) is 11.5 Å². The Kier molecular flexibility index (Phi) is 6.89. The standard InChI is InChI=1S/C22H28F4N4O/c1-15(2)21(6-9-27)7-13-29(14-8-21)16-4-11-30(12-5-16)20(31)17-3-10-28-19(18(17)23)22(24,25)26/h3,10,15-16H,4-8,11-14H2,1-2H3. The molecule has 9 heteroatoms. The number of hydrogen-bond donors (Lipinski definition) is 0. The van der Waals surface area contributed by atoms with E-state index in [1.54, 1.807) is 0 Å². The Labute approximate surface area is 180 Å². The van der Waals surface area contributed by atoms with Crippen molar-refractivity contribution in [3.05, 3.63) is 29.3 Å². The van der Waals surface area contributed by atoms with Crippen LogP contribution >= 0.6 is 0 Å². The molecule has 0 aliphatic carbocycles. The molecule has 2 fully saturated rings. The van der Waals surface area contributed by atoms with Crippen molar-refractivity contribution >= 4 is 5.91 Å². The number of piperidine rings is 2. The minimum Gasteiger partial charge on any atom is -0.338 e. The van der Waals surface area contributed by atoms with Crippen LogP contribution < -0.4 is 0 Å². The zero-order valence-electron chi connectivity index (χ0n) is 17.9. The second kappa shape index (κ2) is 9.11. The molecule has 2 aliphatic heterocycles. The molecule has 0 unspecified atom stereocenters. The lowest BCUT2D eigenvalue weighted by Gasteiger charge is -2.47. The van der Waals surface area contributed by atoms with Crippen molar-refractivity contribution < 1.29 is 22.4 Å². The molecule has 0 atom stereocenters. The fraction of sp³-hybridized carbons (Fsp3) is 0.682. The molecule has 2 aliphatic rings. The van der Waals surface area contributed by atoms with Crippen molar-refractivity contribution in [3.8, 4) is 6.07 Å². The fourth-order valence-corrected chi connectivity index (χ4v) is 4.86. The van der Waals surface area contributed by atoms with Crippen LogP contribution in [0.2, 0.25) is 0 Å². The zero-order valence-corrected chi connectivity index (χ0v) is 17.9. The summed E-state index contributed by atoms with van der Waals surface area (Å²) in [7, 11) is 0. The van der Waals surface area contributed by atoms with Gasteiger partial charge in [-0.1, -0.05) is 13.8 Å². The first kappa shape index (κ1) is 23.5. The predicted molar refractivity (Wildman–Crippen MR) is 106 cm³/mol. The number of pyridine rings is 1. The van der Waals surface area contributed by atoms with Gasteiger partial charge in [0.15, 0.2) is 11.5 Å². The van der Waals surface area contributed by atoms with Gasteiger partial charge in [0.05, 0.1) is 11.6 Å².